The van der Waals surface area contributed by atoms with Crippen LogP contribution in [0.5, 0.6) is 0 Å². The van der Waals surface area contributed by atoms with Crippen molar-refractivity contribution in [2.45, 2.75) is 44.8 Å². The van der Waals surface area contributed by atoms with Crippen LogP contribution in [-0.4, -0.2) is 34.9 Å². The Balaban J connectivity index is 1.87. The lowest BCUT2D eigenvalue weighted by atomic mass is 10.0. The van der Waals surface area contributed by atoms with E-state index in [9.17, 15) is 4.79 Å². The Bertz CT molecular complexity index is 554. The van der Waals surface area contributed by atoms with Gasteiger partial charge in [-0.05, 0) is 56.2 Å². The van der Waals surface area contributed by atoms with Gasteiger partial charge in [-0.2, -0.15) is 11.8 Å². The summed E-state index contributed by atoms with van der Waals surface area (Å²) in [6, 6.07) is 6.53. The fourth-order valence-corrected chi connectivity index (χ4v) is 3.60. The van der Waals surface area contributed by atoms with Gasteiger partial charge in [0.05, 0.1) is 0 Å². The van der Waals surface area contributed by atoms with Gasteiger partial charge in [-0.1, -0.05) is 23.8 Å². The van der Waals surface area contributed by atoms with Crippen molar-refractivity contribution in [3.05, 3.63) is 34.9 Å². The maximum Gasteiger partial charge on any atom is 0.244 e. The van der Waals surface area contributed by atoms with E-state index in [1.165, 1.54) is 16.7 Å². The second-order valence-electron chi connectivity index (χ2n) is 6.33. The molecule has 1 N–H and O–H groups in total. The number of thioether (sulfide) groups is 1. The van der Waals surface area contributed by atoms with E-state index < -0.39 is 0 Å². The summed E-state index contributed by atoms with van der Waals surface area (Å²) in [6.07, 6.45) is 5.22. The predicted molar refractivity (Wildman–Crippen MR) is 88.5 cm³/mol. The molecule has 4 heteroatoms. The Kier molecular flexibility index (Phi) is 4.02. The SMILES string of the molecule is CSCCCN1C(=O)C2(CC2)NC1c1cc(C)ccc1C. The first-order valence-corrected chi connectivity index (χ1v) is 9.12. The van der Waals surface area contributed by atoms with E-state index >= 15 is 0 Å². The molecule has 1 aliphatic carbocycles. The molecule has 1 saturated carbocycles. The van der Waals surface area contributed by atoms with Crippen LogP contribution >= 0.6 is 11.8 Å². The number of aryl methyl sites for hydroxylation is 2. The van der Waals surface area contributed by atoms with Gasteiger partial charge < -0.3 is 4.90 Å². The summed E-state index contributed by atoms with van der Waals surface area (Å²) in [5.41, 5.74) is 3.54. The van der Waals surface area contributed by atoms with Crippen LogP contribution in [0.1, 0.15) is 42.1 Å². The summed E-state index contributed by atoms with van der Waals surface area (Å²) < 4.78 is 0. The zero-order chi connectivity index (χ0) is 15.0. The molecule has 3 rings (SSSR count). The van der Waals surface area contributed by atoms with E-state index in [1.807, 2.05) is 11.8 Å². The van der Waals surface area contributed by atoms with Crippen molar-refractivity contribution in [3.8, 4) is 0 Å². The number of amides is 1. The Morgan fingerprint density at radius 3 is 2.81 bits per heavy atom. The minimum Gasteiger partial charge on any atom is -0.321 e. The van der Waals surface area contributed by atoms with Crippen LogP contribution in [-0.2, 0) is 4.79 Å². The molecule has 3 nitrogen and oxygen atoms in total. The molecule has 21 heavy (non-hydrogen) atoms. The number of hydrogen-bond donors (Lipinski definition) is 1. The molecular formula is C17H24N2OS. The molecule has 114 valence electrons. The van der Waals surface area contributed by atoms with E-state index in [4.69, 9.17) is 0 Å². The summed E-state index contributed by atoms with van der Waals surface area (Å²) in [5, 5.41) is 3.62. The third-order valence-electron chi connectivity index (χ3n) is 4.62. The maximum atomic E-state index is 12.7. The zero-order valence-corrected chi connectivity index (χ0v) is 13.9. The second-order valence-corrected chi connectivity index (χ2v) is 7.32. The molecule has 1 atom stereocenters. The van der Waals surface area contributed by atoms with Crippen LogP contribution in [0.15, 0.2) is 18.2 Å². The minimum absolute atomic E-state index is 0.0572. The quantitative estimate of drug-likeness (QED) is 0.849. The average molecular weight is 304 g/mol. The van der Waals surface area contributed by atoms with Crippen molar-refractivity contribution >= 4 is 17.7 Å². The number of rotatable bonds is 5. The van der Waals surface area contributed by atoms with Crippen LogP contribution in [0.25, 0.3) is 0 Å². The summed E-state index contributed by atoms with van der Waals surface area (Å²) in [7, 11) is 0. The van der Waals surface area contributed by atoms with E-state index in [2.05, 4.69) is 48.5 Å². The van der Waals surface area contributed by atoms with Crippen molar-refractivity contribution in [2.75, 3.05) is 18.6 Å². The lowest BCUT2D eigenvalue weighted by molar-refractivity contribution is -0.130. The Hall–Kier alpha value is -1.00. The number of nitrogens with one attached hydrogen (secondary N) is 1. The average Bonchev–Trinajstić information content (AvgIpc) is 3.19. The van der Waals surface area contributed by atoms with Crippen LogP contribution < -0.4 is 5.32 Å². The summed E-state index contributed by atoms with van der Waals surface area (Å²) >= 11 is 1.85. The van der Waals surface area contributed by atoms with Crippen molar-refractivity contribution < 1.29 is 4.79 Å². The first-order chi connectivity index (χ1) is 10.1. The van der Waals surface area contributed by atoms with E-state index in [0.717, 1.165) is 31.6 Å². The van der Waals surface area contributed by atoms with Gasteiger partial charge in [0.2, 0.25) is 5.91 Å². The highest BCUT2D eigenvalue weighted by Crippen LogP contribution is 2.46. The molecule has 1 aromatic carbocycles. The Morgan fingerprint density at radius 1 is 1.38 bits per heavy atom. The van der Waals surface area contributed by atoms with E-state index in [-0.39, 0.29) is 11.7 Å². The topological polar surface area (TPSA) is 32.3 Å². The molecule has 2 aliphatic rings. The fraction of sp³-hybridized carbons (Fsp3) is 0.588. The summed E-state index contributed by atoms with van der Waals surface area (Å²) in [6.45, 7) is 5.11. The molecule has 1 unspecified atom stereocenters. The third kappa shape index (κ3) is 2.71. The monoisotopic (exact) mass is 304 g/mol. The largest absolute Gasteiger partial charge is 0.321 e. The molecule has 1 aliphatic heterocycles. The van der Waals surface area contributed by atoms with Gasteiger partial charge in [0.1, 0.15) is 11.7 Å². The van der Waals surface area contributed by atoms with Gasteiger partial charge in [0, 0.05) is 6.54 Å². The molecule has 1 amide bonds. The summed E-state index contributed by atoms with van der Waals surface area (Å²) in [4.78, 5) is 14.8. The molecule has 2 fully saturated rings. The molecule has 1 aromatic rings. The molecule has 0 radical (unpaired) electrons. The lowest BCUT2D eigenvalue weighted by Gasteiger charge is -2.26. The van der Waals surface area contributed by atoms with Crippen molar-refractivity contribution in [3.63, 3.8) is 0 Å². The molecule has 1 saturated heterocycles. The Labute approximate surface area is 131 Å². The highest BCUT2D eigenvalue weighted by molar-refractivity contribution is 7.98. The van der Waals surface area contributed by atoms with Crippen LogP contribution in [0.2, 0.25) is 0 Å². The Morgan fingerprint density at radius 2 is 2.14 bits per heavy atom. The second kappa shape index (κ2) is 5.65. The van der Waals surface area contributed by atoms with Crippen LogP contribution in [0, 0.1) is 13.8 Å². The highest BCUT2D eigenvalue weighted by Gasteiger charge is 2.59. The number of hydrogen-bond acceptors (Lipinski definition) is 3. The van der Waals surface area contributed by atoms with Gasteiger partial charge in [-0.25, -0.2) is 0 Å². The first kappa shape index (κ1) is 14.9. The van der Waals surface area contributed by atoms with Gasteiger partial charge in [0.25, 0.3) is 0 Å². The smallest absolute Gasteiger partial charge is 0.244 e. The molecular weight excluding hydrogens is 280 g/mol. The molecule has 0 bridgehead atoms. The predicted octanol–water partition coefficient (Wildman–Crippen LogP) is 3.02. The van der Waals surface area contributed by atoms with Crippen molar-refractivity contribution in [2.24, 2.45) is 0 Å². The third-order valence-corrected chi connectivity index (χ3v) is 5.32. The van der Waals surface area contributed by atoms with Gasteiger partial charge in [-0.3, -0.25) is 10.1 Å². The lowest BCUT2D eigenvalue weighted by Crippen LogP contribution is -2.33. The number of carbonyl (C=O) groups is 1. The molecule has 0 aromatic heterocycles. The molecule has 1 heterocycles. The highest BCUT2D eigenvalue weighted by atomic mass is 32.2. The van der Waals surface area contributed by atoms with Gasteiger partial charge >= 0.3 is 0 Å². The van der Waals surface area contributed by atoms with Crippen molar-refractivity contribution in [1.82, 2.24) is 10.2 Å². The number of nitrogens with zero attached hydrogens (tertiary/aromatic N) is 1. The number of carbonyl (C=O) groups excluding carboxylic acids is 1. The standard InChI is InChI=1S/C17H24N2OS/c1-12-5-6-13(2)14(11-12)15-18-17(7-8-17)16(20)19(15)9-4-10-21-3/h5-6,11,15,18H,4,7-10H2,1-3H3. The maximum absolute atomic E-state index is 12.7. The normalized spacial score (nSPS) is 23.1. The zero-order valence-electron chi connectivity index (χ0n) is 13.1. The summed E-state index contributed by atoms with van der Waals surface area (Å²) in [5.74, 6) is 1.42. The van der Waals surface area contributed by atoms with Crippen LogP contribution in [0.3, 0.4) is 0 Å². The van der Waals surface area contributed by atoms with Crippen LogP contribution in [0.4, 0.5) is 0 Å². The van der Waals surface area contributed by atoms with E-state index in [0.29, 0.717) is 5.91 Å². The fourth-order valence-electron chi connectivity index (χ4n) is 3.19. The van der Waals surface area contributed by atoms with E-state index in [1.54, 1.807) is 0 Å². The van der Waals surface area contributed by atoms with Crippen molar-refractivity contribution in [1.29, 1.82) is 0 Å². The van der Waals surface area contributed by atoms with Gasteiger partial charge in [0.15, 0.2) is 0 Å². The number of benzene rings is 1. The van der Waals surface area contributed by atoms with Gasteiger partial charge in [-0.15, -0.1) is 0 Å². The molecule has 1 spiro atoms. The first-order valence-electron chi connectivity index (χ1n) is 7.72. The minimum atomic E-state index is -0.236.